The average molecular weight is 1960 g/mol. The smallest absolute Gasteiger partial charge is 0.250 e. The molecule has 0 fully saturated rings. The molecule has 32 nitrogen and oxygen atoms in total. The number of aryl methyl sites for hydroxylation is 2. The highest BCUT2D eigenvalue weighted by Gasteiger charge is 2.33. The number of hydrogen-bond acceptors (Lipinski definition) is 29. The van der Waals surface area contributed by atoms with E-state index < -0.39 is 70.0 Å². The standard InChI is InChI=1S/C15H19N5O2S.C14H17Cl2N3O2S.C14H17Cl2N3OS.C14H20N4O2S.C11H10ClNO2S2.C9H10N2O5S3/c1-11(2)9-20-14(8-17)18-19-15(20)23(21,22)10-13-5-3-4-12(6-13)7-16;1-8(2)13-14(19(3)12(7-17)18-13)22(20,21)11-5-9(15)4-10(16)6-11;1-8(2)13-14(19(3)12(7-17)18-13)21(20)11-5-9(15)4-10(16)6-11;1-4-18-13(8-15)16-17-14(18)21(19,20)9-12-6-10(2)5-11(3)7-12;12-8-1-4-10(5-2-8)17(14,15)11-6-3-9(7-13)16-11;10-5-6-1-2-7(16-6)18(12,13)8-3-4-9(17-8)19(11,14)15/h3-6,11H,8-10,17H2,1-2H3;4-6,8H,7,17H2,1-3H3;4-6,8H,7,17H2,1-3H3;5-7H,4,8-9,15H2,1-3H3;1-6H,7,13H2;1-4H,5,10H2,(H2,11,14,15). The van der Waals surface area contributed by atoms with Crippen LogP contribution in [0.25, 0.3) is 0 Å². The molecule has 0 aliphatic rings. The normalized spacial score (nSPS) is 12.1. The number of nitrogens with two attached hydrogens (primary N) is 7. The van der Waals surface area contributed by atoms with E-state index in [2.05, 4.69) is 30.4 Å². The number of aromatic nitrogens is 10. The minimum Gasteiger partial charge on any atom is -0.448 e. The van der Waals surface area contributed by atoms with Crippen LogP contribution < -0.4 is 39.5 Å². The van der Waals surface area contributed by atoms with Crippen molar-refractivity contribution in [2.75, 3.05) is 0 Å². The number of furan rings is 1. The van der Waals surface area contributed by atoms with E-state index in [1.165, 1.54) is 64.4 Å². The van der Waals surface area contributed by atoms with Gasteiger partial charge >= 0.3 is 0 Å². The van der Waals surface area contributed by atoms with Gasteiger partial charge in [0.2, 0.25) is 74.6 Å². The van der Waals surface area contributed by atoms with Crippen LogP contribution in [-0.2, 0) is 148 Å². The molecule has 12 aromatic rings. The third kappa shape index (κ3) is 26.3. The van der Waals surface area contributed by atoms with Crippen LogP contribution in [0, 0.1) is 31.1 Å². The van der Waals surface area contributed by atoms with Crippen LogP contribution in [0.15, 0.2) is 197 Å². The molecule has 14 N–H and O–H groups in total. The molecule has 1 unspecified atom stereocenters. The molecule has 0 radical (unpaired) electrons. The number of sulfone groups is 5. The monoisotopic (exact) mass is 1960 g/mol. The summed E-state index contributed by atoms with van der Waals surface area (Å²) in [5.41, 5.74) is 38.4. The summed E-state index contributed by atoms with van der Waals surface area (Å²) in [7, 11) is -20.2. The Hall–Kier alpha value is -8.01. The lowest BCUT2D eigenvalue weighted by Gasteiger charge is -2.12. The van der Waals surface area contributed by atoms with Gasteiger partial charge in [0.15, 0.2) is 5.03 Å². The molecule has 7 heterocycles. The van der Waals surface area contributed by atoms with Crippen LogP contribution in [0.5, 0.6) is 0 Å². The summed E-state index contributed by atoms with van der Waals surface area (Å²) in [4.78, 5) is 10.5. The first-order valence-electron chi connectivity index (χ1n) is 36.9. The summed E-state index contributed by atoms with van der Waals surface area (Å²) < 4.78 is 172. The fourth-order valence-electron chi connectivity index (χ4n) is 11.7. The summed E-state index contributed by atoms with van der Waals surface area (Å²) in [5.74, 6) is 2.46. The van der Waals surface area contributed by atoms with E-state index in [9.17, 15) is 54.7 Å². The Balaban J connectivity index is 0.000000203. The van der Waals surface area contributed by atoms with E-state index in [0.717, 1.165) is 33.3 Å². The Labute approximate surface area is 751 Å². The molecular formula is C77H93Cl5N18O14S9. The number of hydrogen-bond donors (Lipinski definition) is 7. The van der Waals surface area contributed by atoms with E-state index in [0.29, 0.717) is 113 Å². The van der Waals surface area contributed by atoms with Gasteiger partial charge in [0, 0.05) is 68.6 Å². The lowest BCUT2D eigenvalue weighted by Crippen LogP contribution is -2.18. The van der Waals surface area contributed by atoms with Gasteiger partial charge < -0.3 is 57.1 Å². The second-order valence-electron chi connectivity index (χ2n) is 28.0. The average Bonchev–Trinajstić information content (AvgIpc) is 1.63. The molecule has 664 valence electrons. The number of nitrogens with zero attached hydrogens (tertiary/aromatic N) is 11. The first-order valence-corrected chi connectivity index (χ1v) is 50.9. The van der Waals surface area contributed by atoms with E-state index in [1.807, 2.05) is 93.6 Å². The van der Waals surface area contributed by atoms with Gasteiger partial charge in [-0.25, -0.2) is 69.8 Å². The number of nitriles is 1. The van der Waals surface area contributed by atoms with Crippen LogP contribution >= 0.6 is 80.7 Å². The van der Waals surface area contributed by atoms with E-state index in [4.69, 9.17) is 107 Å². The zero-order valence-corrected chi connectivity index (χ0v) is 79.5. The van der Waals surface area contributed by atoms with Crippen LogP contribution in [0.4, 0.5) is 0 Å². The molecule has 0 saturated heterocycles. The molecule has 1 atom stereocenters. The van der Waals surface area contributed by atoms with Gasteiger partial charge in [0.25, 0.3) is 0 Å². The first kappa shape index (κ1) is 102. The van der Waals surface area contributed by atoms with Crippen molar-refractivity contribution in [3.63, 3.8) is 0 Å². The second-order valence-corrected chi connectivity index (χ2v) is 45.5. The topological polar surface area (TPSA) is 538 Å². The number of thiophene rings is 2. The first-order chi connectivity index (χ1) is 57.5. The Bertz CT molecular complexity index is 6480. The molecule has 0 aliphatic carbocycles. The number of halogens is 5. The molecule has 0 amide bonds. The maximum absolute atomic E-state index is 13.0. The zero-order chi connectivity index (χ0) is 91.8. The third-order valence-electron chi connectivity index (χ3n) is 17.3. The van der Waals surface area contributed by atoms with Gasteiger partial charge in [0.05, 0.1) is 77.0 Å². The summed E-state index contributed by atoms with van der Waals surface area (Å²) in [6.45, 7) is 19.6. The van der Waals surface area contributed by atoms with Crippen LogP contribution in [0.3, 0.4) is 0 Å². The minimum absolute atomic E-state index is 0.00962. The number of benzene rings is 5. The summed E-state index contributed by atoms with van der Waals surface area (Å²) in [6, 6.07) is 37.9. The van der Waals surface area contributed by atoms with Gasteiger partial charge in [-0.1, -0.05) is 141 Å². The number of primary sulfonamides is 1. The molecule has 0 aliphatic heterocycles. The molecule has 123 heavy (non-hydrogen) atoms. The summed E-state index contributed by atoms with van der Waals surface area (Å²) >= 11 is 31.3. The van der Waals surface area contributed by atoms with Crippen molar-refractivity contribution < 1.29 is 59.1 Å². The van der Waals surface area contributed by atoms with Crippen LogP contribution in [0.1, 0.15) is 133 Å². The van der Waals surface area contributed by atoms with Crippen molar-refractivity contribution >= 4 is 151 Å². The SMILES string of the molecule is CC(C)Cn1c(CN)nnc1S(=O)(=O)Cc1cccc(C#N)c1.CC(C)c1nc(CN)n(C)c1S(=O)(=O)c1cc(Cl)cc(Cl)c1.CC(C)c1nc(CN)n(C)c1S(=O)c1cc(Cl)cc(Cl)c1.CCn1c(CN)nnc1S(=O)(=O)Cc1cc(C)cc(C)c1.NCc1ccc(S(=O)(=O)c2ccc(Cl)cc2)s1.NCc1ccc(S(=O)(=O)c2ccc(S(N)(=O)=O)s2)o1. The molecule has 0 spiro atoms. The third-order valence-corrected chi connectivity index (χ3v) is 32.9. The molecular weight excluding hydrogens is 1870 g/mol. The van der Waals surface area contributed by atoms with Crippen LogP contribution in [-0.4, -0.2) is 103 Å². The lowest BCUT2D eigenvalue weighted by molar-refractivity contribution is 0.416. The van der Waals surface area contributed by atoms with Crippen molar-refractivity contribution in [2.24, 2.45) is 59.6 Å². The zero-order valence-electron chi connectivity index (χ0n) is 68.3. The molecule has 0 saturated carbocycles. The largest absolute Gasteiger partial charge is 0.448 e. The summed E-state index contributed by atoms with van der Waals surface area (Å²) in [6.07, 6.45) is 0. The van der Waals surface area contributed by atoms with Crippen molar-refractivity contribution in [3.05, 3.63) is 238 Å². The second kappa shape index (κ2) is 43.9. The Kier molecular flexibility index (Phi) is 36.5. The molecule has 12 rings (SSSR count). The minimum atomic E-state index is -3.92. The van der Waals surface area contributed by atoms with Crippen molar-refractivity contribution in [2.45, 2.75) is 191 Å². The molecule has 46 heteroatoms. The van der Waals surface area contributed by atoms with Gasteiger partial charge in [-0.05, 0) is 159 Å². The highest BCUT2D eigenvalue weighted by Crippen LogP contribution is 2.36. The van der Waals surface area contributed by atoms with Gasteiger partial charge in [-0.2, -0.15) is 5.26 Å². The maximum atomic E-state index is 13.0. The highest BCUT2D eigenvalue weighted by atomic mass is 35.5. The number of imidazole rings is 2. The maximum Gasteiger partial charge on any atom is 0.250 e. The Morgan fingerprint density at radius 1 is 0.496 bits per heavy atom. The number of sulfonamides is 1. The van der Waals surface area contributed by atoms with E-state index in [-0.39, 0.29) is 104 Å². The van der Waals surface area contributed by atoms with Gasteiger partial charge in [-0.3, -0.25) is 0 Å². The molecule has 0 bridgehead atoms. The Morgan fingerprint density at radius 2 is 0.992 bits per heavy atom. The lowest BCUT2D eigenvalue weighted by atomic mass is 10.1. The van der Waals surface area contributed by atoms with Gasteiger partial charge in [-0.15, -0.1) is 43.1 Å². The fourth-order valence-corrected chi connectivity index (χ4v) is 25.5. The van der Waals surface area contributed by atoms with E-state index >= 15 is 0 Å². The highest BCUT2D eigenvalue weighted by molar-refractivity contribution is 7.95. The fraction of sp³-hybridized carbons (Fsp3) is 0.312. The van der Waals surface area contributed by atoms with Crippen molar-refractivity contribution in [3.8, 4) is 6.07 Å². The molecule has 5 aromatic carbocycles. The Morgan fingerprint density at radius 3 is 1.47 bits per heavy atom. The number of rotatable bonds is 26. The molecule has 7 aromatic heterocycles. The van der Waals surface area contributed by atoms with Gasteiger partial charge in [0.1, 0.15) is 57.5 Å². The van der Waals surface area contributed by atoms with Crippen molar-refractivity contribution in [1.29, 1.82) is 5.26 Å². The summed E-state index contributed by atoms with van der Waals surface area (Å²) in [5, 5.41) is 31.6. The van der Waals surface area contributed by atoms with Crippen molar-refractivity contribution in [1.82, 2.24) is 48.6 Å². The predicted molar refractivity (Wildman–Crippen MR) is 475 cm³/mol. The quantitative estimate of drug-likeness (QED) is 0.0265. The van der Waals surface area contributed by atoms with E-state index in [1.54, 1.807) is 87.5 Å². The van der Waals surface area contributed by atoms with Crippen LogP contribution in [0.2, 0.25) is 25.1 Å². The predicted octanol–water partition coefficient (Wildman–Crippen LogP) is 12.2.